The van der Waals surface area contributed by atoms with Crippen LogP contribution >= 0.6 is 11.6 Å². The number of hydrogen-bond acceptors (Lipinski definition) is 4. The van der Waals surface area contributed by atoms with Crippen molar-refractivity contribution < 1.29 is 14.3 Å². The number of nitrogens with zero attached hydrogens (tertiary/aromatic N) is 3. The average Bonchev–Trinajstić information content (AvgIpc) is 3.58. The molecule has 3 aliphatic rings. The molecule has 2 amide bonds. The molecule has 31 heavy (non-hydrogen) atoms. The van der Waals surface area contributed by atoms with Crippen molar-refractivity contribution in [3.05, 3.63) is 40.9 Å². The Morgan fingerprint density at radius 3 is 2.45 bits per heavy atom. The van der Waals surface area contributed by atoms with Gasteiger partial charge in [0.05, 0.1) is 7.11 Å². The van der Waals surface area contributed by atoms with Gasteiger partial charge in [0.25, 0.3) is 0 Å². The summed E-state index contributed by atoms with van der Waals surface area (Å²) in [5, 5.41) is 0.766. The van der Waals surface area contributed by atoms with Gasteiger partial charge in [-0.2, -0.15) is 0 Å². The molecule has 0 unspecified atom stereocenters. The van der Waals surface area contributed by atoms with Crippen molar-refractivity contribution in [2.45, 2.75) is 38.1 Å². The highest BCUT2D eigenvalue weighted by molar-refractivity contribution is 6.31. The first-order chi connectivity index (χ1) is 14.9. The summed E-state index contributed by atoms with van der Waals surface area (Å²) >= 11 is 6.44. The molecule has 168 valence electrons. The number of hydrogen-bond donors (Lipinski definition) is 0. The maximum Gasteiger partial charge on any atom is 0.246 e. The first kappa shape index (κ1) is 22.2. The fraction of sp³-hybridized carbons (Fsp3) is 0.583. The van der Waals surface area contributed by atoms with Crippen LogP contribution in [0.4, 0.5) is 0 Å². The third kappa shape index (κ3) is 4.75. The molecule has 1 aromatic rings. The van der Waals surface area contributed by atoms with Gasteiger partial charge in [0.15, 0.2) is 0 Å². The molecular formula is C24H32ClN3O3. The van der Waals surface area contributed by atoms with E-state index in [-0.39, 0.29) is 17.7 Å². The molecule has 0 aromatic heterocycles. The third-order valence-electron chi connectivity index (χ3n) is 6.86. The Morgan fingerprint density at radius 1 is 1.19 bits per heavy atom. The summed E-state index contributed by atoms with van der Waals surface area (Å²) in [4.78, 5) is 30.9. The predicted octanol–water partition coefficient (Wildman–Crippen LogP) is 2.95. The number of halogens is 1. The quantitative estimate of drug-likeness (QED) is 0.605. The highest BCUT2D eigenvalue weighted by Gasteiger charge is 2.36. The van der Waals surface area contributed by atoms with Crippen molar-refractivity contribution in [2.75, 3.05) is 46.4 Å². The number of benzene rings is 1. The number of piperazine rings is 1. The maximum absolute atomic E-state index is 13.1. The number of carbonyl (C=O) groups is 2. The Labute approximate surface area is 189 Å². The Kier molecular flexibility index (Phi) is 6.58. The van der Waals surface area contributed by atoms with Gasteiger partial charge in [0.1, 0.15) is 5.75 Å². The SMILES string of the molecule is C=CC(=O)N1CC(N2CCN(C(=O)[C@H](C)Cc3cc(C4CC4)c(Cl)cc3OC)CC2)C1. The topological polar surface area (TPSA) is 53.1 Å². The second-order valence-corrected chi connectivity index (χ2v) is 9.43. The fourth-order valence-electron chi connectivity index (χ4n) is 4.71. The Bertz CT molecular complexity index is 856. The van der Waals surface area contributed by atoms with Crippen LogP contribution in [0.3, 0.4) is 0 Å². The van der Waals surface area contributed by atoms with Crippen LogP contribution in [-0.4, -0.2) is 78.9 Å². The van der Waals surface area contributed by atoms with Crippen LogP contribution in [0.2, 0.25) is 5.02 Å². The monoisotopic (exact) mass is 445 g/mol. The van der Waals surface area contributed by atoms with Crippen LogP contribution in [0.15, 0.2) is 24.8 Å². The molecule has 1 atom stereocenters. The lowest BCUT2D eigenvalue weighted by molar-refractivity contribution is -0.139. The molecule has 0 spiro atoms. The lowest BCUT2D eigenvalue weighted by Crippen LogP contribution is -2.64. The van der Waals surface area contributed by atoms with Crippen molar-refractivity contribution in [3.8, 4) is 5.75 Å². The van der Waals surface area contributed by atoms with E-state index in [1.165, 1.54) is 24.5 Å². The number of methoxy groups -OCH3 is 1. The molecule has 1 saturated carbocycles. The maximum atomic E-state index is 13.1. The number of ether oxygens (including phenoxy) is 1. The van der Waals surface area contributed by atoms with Gasteiger partial charge in [-0.15, -0.1) is 0 Å². The lowest BCUT2D eigenvalue weighted by atomic mass is 9.96. The van der Waals surface area contributed by atoms with Crippen molar-refractivity contribution in [3.63, 3.8) is 0 Å². The highest BCUT2D eigenvalue weighted by atomic mass is 35.5. The zero-order valence-corrected chi connectivity index (χ0v) is 19.2. The van der Waals surface area contributed by atoms with E-state index in [0.29, 0.717) is 18.4 Å². The minimum Gasteiger partial charge on any atom is -0.496 e. The molecular weight excluding hydrogens is 414 g/mol. The van der Waals surface area contributed by atoms with Crippen molar-refractivity contribution in [1.29, 1.82) is 0 Å². The van der Waals surface area contributed by atoms with Gasteiger partial charge in [-0.1, -0.05) is 31.2 Å². The largest absolute Gasteiger partial charge is 0.496 e. The standard InChI is InChI=1S/C24H32ClN3O3/c1-4-23(29)28-14-19(15-28)26-7-9-27(10-8-26)24(30)16(2)11-18-12-20(17-5-6-17)21(25)13-22(18)31-3/h4,12-13,16-17,19H,1,5-11,14-15H2,2-3H3/t16-/m1/s1. The first-order valence-electron chi connectivity index (χ1n) is 11.2. The molecule has 7 heteroatoms. The second-order valence-electron chi connectivity index (χ2n) is 9.03. The molecule has 1 aliphatic carbocycles. The van der Waals surface area contributed by atoms with Crippen LogP contribution in [0.25, 0.3) is 0 Å². The number of carbonyl (C=O) groups excluding carboxylic acids is 2. The van der Waals surface area contributed by atoms with Gasteiger partial charge in [-0.3, -0.25) is 14.5 Å². The van der Waals surface area contributed by atoms with E-state index in [1.807, 2.05) is 22.8 Å². The zero-order valence-electron chi connectivity index (χ0n) is 18.5. The molecule has 6 nitrogen and oxygen atoms in total. The number of rotatable bonds is 7. The fourth-order valence-corrected chi connectivity index (χ4v) is 5.02. The summed E-state index contributed by atoms with van der Waals surface area (Å²) < 4.78 is 5.55. The number of likely N-dealkylation sites (tertiary alicyclic amines) is 1. The molecule has 0 radical (unpaired) electrons. The summed E-state index contributed by atoms with van der Waals surface area (Å²) in [7, 11) is 1.65. The van der Waals surface area contributed by atoms with Crippen LogP contribution in [0.1, 0.15) is 36.8 Å². The molecule has 4 rings (SSSR count). The van der Waals surface area contributed by atoms with Gasteiger partial charge < -0.3 is 14.5 Å². The Balaban J connectivity index is 1.31. The van der Waals surface area contributed by atoms with Crippen LogP contribution in [0.5, 0.6) is 5.75 Å². The smallest absolute Gasteiger partial charge is 0.246 e. The predicted molar refractivity (Wildman–Crippen MR) is 122 cm³/mol. The second kappa shape index (κ2) is 9.21. The van der Waals surface area contributed by atoms with Crippen LogP contribution in [-0.2, 0) is 16.0 Å². The molecule has 2 aliphatic heterocycles. The van der Waals surface area contributed by atoms with E-state index in [0.717, 1.165) is 55.6 Å². The summed E-state index contributed by atoms with van der Waals surface area (Å²) in [6, 6.07) is 4.45. The molecule has 2 saturated heterocycles. The Hall–Kier alpha value is -2.05. The molecule has 2 heterocycles. The van der Waals surface area contributed by atoms with Gasteiger partial charge in [-0.25, -0.2) is 0 Å². The van der Waals surface area contributed by atoms with E-state index in [2.05, 4.69) is 17.5 Å². The third-order valence-corrected chi connectivity index (χ3v) is 7.18. The number of amides is 2. The molecule has 3 fully saturated rings. The highest BCUT2D eigenvalue weighted by Crippen LogP contribution is 2.45. The van der Waals surface area contributed by atoms with E-state index in [4.69, 9.17) is 16.3 Å². The van der Waals surface area contributed by atoms with Gasteiger partial charge in [0.2, 0.25) is 11.8 Å². The first-order valence-corrected chi connectivity index (χ1v) is 11.6. The molecule has 0 bridgehead atoms. The Morgan fingerprint density at radius 2 is 1.87 bits per heavy atom. The summed E-state index contributed by atoms with van der Waals surface area (Å²) in [5.41, 5.74) is 2.25. The van der Waals surface area contributed by atoms with Crippen molar-refractivity contribution in [1.82, 2.24) is 14.7 Å². The molecule has 0 N–H and O–H groups in total. The summed E-state index contributed by atoms with van der Waals surface area (Å²) in [5.74, 6) is 1.41. The van der Waals surface area contributed by atoms with Crippen LogP contribution in [0, 0.1) is 5.92 Å². The van der Waals surface area contributed by atoms with E-state index >= 15 is 0 Å². The van der Waals surface area contributed by atoms with E-state index < -0.39 is 0 Å². The zero-order chi connectivity index (χ0) is 22.1. The normalized spacial score (nSPS) is 20.9. The summed E-state index contributed by atoms with van der Waals surface area (Å²) in [6.07, 6.45) is 4.40. The van der Waals surface area contributed by atoms with Crippen molar-refractivity contribution in [2.24, 2.45) is 5.92 Å². The van der Waals surface area contributed by atoms with E-state index in [1.54, 1.807) is 7.11 Å². The minimum atomic E-state index is -0.113. The minimum absolute atomic E-state index is 0.00126. The van der Waals surface area contributed by atoms with Crippen molar-refractivity contribution >= 4 is 23.4 Å². The van der Waals surface area contributed by atoms with Gasteiger partial charge in [-0.05, 0) is 48.4 Å². The lowest BCUT2D eigenvalue weighted by Gasteiger charge is -2.48. The van der Waals surface area contributed by atoms with Gasteiger partial charge >= 0.3 is 0 Å². The average molecular weight is 446 g/mol. The molecule has 1 aromatic carbocycles. The van der Waals surface area contributed by atoms with Crippen LogP contribution < -0.4 is 4.74 Å². The van der Waals surface area contributed by atoms with Gasteiger partial charge in [0, 0.05) is 56.3 Å². The summed E-state index contributed by atoms with van der Waals surface area (Å²) in [6.45, 7) is 10.3. The van der Waals surface area contributed by atoms with E-state index in [9.17, 15) is 9.59 Å².